The molecular formula is C22H24FN5O2. The number of carbonyl (C=O) groups is 1. The van der Waals surface area contributed by atoms with Gasteiger partial charge < -0.3 is 15.0 Å². The summed E-state index contributed by atoms with van der Waals surface area (Å²) in [6, 6.07) is 10.3. The van der Waals surface area contributed by atoms with Crippen LogP contribution in [-0.2, 0) is 4.74 Å². The van der Waals surface area contributed by atoms with E-state index in [1.165, 1.54) is 12.4 Å². The zero-order valence-corrected chi connectivity index (χ0v) is 17.0. The zero-order valence-electron chi connectivity index (χ0n) is 17.0. The van der Waals surface area contributed by atoms with Gasteiger partial charge in [-0.3, -0.25) is 9.89 Å². The quantitative estimate of drug-likeness (QED) is 0.676. The van der Waals surface area contributed by atoms with Crippen LogP contribution in [0, 0.1) is 12.7 Å². The number of aryl methyl sites for hydroxylation is 1. The van der Waals surface area contributed by atoms with Crippen LogP contribution < -0.4 is 10.2 Å². The van der Waals surface area contributed by atoms with Crippen molar-refractivity contribution in [1.82, 2.24) is 20.5 Å². The molecule has 1 atom stereocenters. The smallest absolute Gasteiger partial charge is 0.251 e. The summed E-state index contributed by atoms with van der Waals surface area (Å²) in [5, 5.41) is 9.50. The number of H-pyrrole nitrogens is 1. The molecule has 2 N–H and O–H groups in total. The van der Waals surface area contributed by atoms with Gasteiger partial charge in [0, 0.05) is 29.9 Å². The maximum atomic E-state index is 14.7. The van der Waals surface area contributed by atoms with Gasteiger partial charge in [-0.25, -0.2) is 9.37 Å². The molecule has 4 rings (SSSR count). The minimum atomic E-state index is -0.341. The number of hydrogen-bond acceptors (Lipinski definition) is 5. The van der Waals surface area contributed by atoms with Crippen molar-refractivity contribution in [3.8, 4) is 11.1 Å². The molecule has 156 valence electrons. The Morgan fingerprint density at radius 1 is 1.23 bits per heavy atom. The molecule has 3 aromatic rings. The van der Waals surface area contributed by atoms with Gasteiger partial charge in [0.1, 0.15) is 18.0 Å². The van der Waals surface area contributed by atoms with Gasteiger partial charge in [-0.05, 0) is 49.2 Å². The van der Waals surface area contributed by atoms with Crippen LogP contribution in [0.15, 0.2) is 42.7 Å². The lowest BCUT2D eigenvalue weighted by Gasteiger charge is -2.29. The lowest BCUT2D eigenvalue weighted by atomic mass is 9.99. The largest absolute Gasteiger partial charge is 0.378 e. The van der Waals surface area contributed by atoms with Crippen molar-refractivity contribution < 1.29 is 13.9 Å². The van der Waals surface area contributed by atoms with E-state index in [-0.39, 0.29) is 17.8 Å². The molecular weight excluding hydrogens is 385 g/mol. The Morgan fingerprint density at radius 2 is 2.03 bits per heavy atom. The number of hydrogen-bond donors (Lipinski definition) is 2. The third-order valence-corrected chi connectivity index (χ3v) is 5.18. The molecule has 1 amide bonds. The fourth-order valence-electron chi connectivity index (χ4n) is 3.53. The molecule has 0 saturated carbocycles. The van der Waals surface area contributed by atoms with Crippen molar-refractivity contribution in [3.63, 3.8) is 0 Å². The van der Waals surface area contributed by atoms with Crippen LogP contribution in [0.3, 0.4) is 0 Å². The molecule has 30 heavy (non-hydrogen) atoms. The standard InChI is InChI=1S/C22H24FN5O2/c1-14-3-4-19(20(23)9-14)16-10-17(12-18(11-16)28-5-7-30-8-6-28)22(29)26-15(2)21-24-13-25-27-21/h3-4,9-13,15H,5-8H2,1-2H3,(H,26,29)(H,24,25,27)/t15-/m0/s1. The Balaban J connectivity index is 1.70. The van der Waals surface area contributed by atoms with Crippen LogP contribution in [0.25, 0.3) is 11.1 Å². The maximum absolute atomic E-state index is 14.7. The summed E-state index contributed by atoms with van der Waals surface area (Å²) in [7, 11) is 0. The van der Waals surface area contributed by atoms with E-state index in [2.05, 4.69) is 25.4 Å². The number of aromatic nitrogens is 3. The van der Waals surface area contributed by atoms with Crippen molar-refractivity contribution in [2.75, 3.05) is 31.2 Å². The molecule has 8 heteroatoms. The second-order valence-electron chi connectivity index (χ2n) is 7.42. The Bertz CT molecular complexity index is 1030. The normalized spacial score (nSPS) is 15.1. The van der Waals surface area contributed by atoms with E-state index in [1.807, 2.05) is 32.0 Å². The number of nitrogens with zero attached hydrogens (tertiary/aromatic N) is 3. The fraction of sp³-hybridized carbons (Fsp3) is 0.318. The molecule has 1 fully saturated rings. The van der Waals surface area contributed by atoms with Gasteiger partial charge in [0.15, 0.2) is 0 Å². The number of anilines is 1. The average molecular weight is 409 g/mol. The molecule has 2 heterocycles. The van der Waals surface area contributed by atoms with Gasteiger partial charge in [0.2, 0.25) is 0 Å². The third kappa shape index (κ3) is 4.33. The minimum absolute atomic E-state index is 0.261. The molecule has 0 bridgehead atoms. The van der Waals surface area contributed by atoms with Crippen LogP contribution in [0.5, 0.6) is 0 Å². The predicted molar refractivity (Wildman–Crippen MR) is 112 cm³/mol. The monoisotopic (exact) mass is 409 g/mol. The molecule has 1 aliphatic heterocycles. The van der Waals surface area contributed by atoms with E-state index < -0.39 is 0 Å². The van der Waals surface area contributed by atoms with Crippen molar-refractivity contribution in [2.45, 2.75) is 19.9 Å². The highest BCUT2D eigenvalue weighted by atomic mass is 19.1. The molecule has 0 unspecified atom stereocenters. The van der Waals surface area contributed by atoms with E-state index >= 15 is 0 Å². The van der Waals surface area contributed by atoms with Gasteiger partial charge in [0.05, 0.1) is 19.3 Å². The number of amides is 1. The SMILES string of the molecule is Cc1ccc(-c2cc(C(=O)N[C@@H](C)c3ncn[nH]3)cc(N3CCOCC3)c2)c(F)c1. The van der Waals surface area contributed by atoms with Crippen molar-refractivity contribution in [2.24, 2.45) is 0 Å². The second kappa shape index (κ2) is 8.62. The predicted octanol–water partition coefficient (Wildman–Crippen LogP) is 3.25. The van der Waals surface area contributed by atoms with Gasteiger partial charge in [-0.15, -0.1) is 0 Å². The van der Waals surface area contributed by atoms with Gasteiger partial charge in [0.25, 0.3) is 5.91 Å². The van der Waals surface area contributed by atoms with Crippen molar-refractivity contribution in [3.05, 3.63) is 65.5 Å². The second-order valence-corrected chi connectivity index (χ2v) is 7.42. The third-order valence-electron chi connectivity index (χ3n) is 5.18. The molecule has 0 aliphatic carbocycles. The number of rotatable bonds is 5. The number of halogens is 1. The number of ether oxygens (including phenoxy) is 1. The first kappa shape index (κ1) is 20.0. The Hall–Kier alpha value is -3.26. The lowest BCUT2D eigenvalue weighted by molar-refractivity contribution is 0.0938. The number of aromatic amines is 1. The summed E-state index contributed by atoms with van der Waals surface area (Å²) >= 11 is 0. The number of morpholine rings is 1. The zero-order chi connectivity index (χ0) is 21.1. The fourth-order valence-corrected chi connectivity index (χ4v) is 3.53. The average Bonchev–Trinajstić information content (AvgIpc) is 3.29. The van der Waals surface area contributed by atoms with E-state index in [4.69, 9.17) is 4.74 Å². The summed E-state index contributed by atoms with van der Waals surface area (Å²) in [5.74, 6) is -0.00391. The minimum Gasteiger partial charge on any atom is -0.378 e. The summed E-state index contributed by atoms with van der Waals surface area (Å²) in [6.45, 7) is 6.34. The lowest BCUT2D eigenvalue weighted by Crippen LogP contribution is -2.36. The molecule has 1 aliphatic rings. The topological polar surface area (TPSA) is 83.1 Å². The van der Waals surface area contributed by atoms with Gasteiger partial charge in [-0.1, -0.05) is 12.1 Å². The summed E-state index contributed by atoms with van der Waals surface area (Å²) < 4.78 is 20.1. The van der Waals surface area contributed by atoms with Crippen LogP contribution >= 0.6 is 0 Å². The highest BCUT2D eigenvalue weighted by Crippen LogP contribution is 2.30. The van der Waals surface area contributed by atoms with Crippen LogP contribution in [-0.4, -0.2) is 47.4 Å². The van der Waals surface area contributed by atoms with Crippen molar-refractivity contribution >= 4 is 11.6 Å². The highest BCUT2D eigenvalue weighted by Gasteiger charge is 2.19. The van der Waals surface area contributed by atoms with Gasteiger partial charge in [-0.2, -0.15) is 5.10 Å². The highest BCUT2D eigenvalue weighted by molar-refractivity contribution is 5.97. The Morgan fingerprint density at radius 3 is 2.73 bits per heavy atom. The molecule has 2 aromatic carbocycles. The van der Waals surface area contributed by atoms with Crippen LogP contribution in [0.1, 0.15) is 34.7 Å². The van der Waals surface area contributed by atoms with Crippen LogP contribution in [0.2, 0.25) is 0 Å². The Labute approximate surface area is 174 Å². The van der Waals surface area contributed by atoms with E-state index in [0.717, 1.165) is 24.3 Å². The van der Waals surface area contributed by atoms with E-state index in [1.54, 1.807) is 12.1 Å². The van der Waals surface area contributed by atoms with Crippen LogP contribution in [0.4, 0.5) is 10.1 Å². The summed E-state index contributed by atoms with van der Waals surface area (Å²) in [4.78, 5) is 19.2. The number of nitrogens with one attached hydrogen (secondary N) is 2. The molecule has 1 aromatic heterocycles. The summed E-state index contributed by atoms with van der Waals surface area (Å²) in [6.07, 6.45) is 1.40. The molecule has 0 spiro atoms. The first-order valence-electron chi connectivity index (χ1n) is 9.91. The molecule has 0 radical (unpaired) electrons. The Kier molecular flexibility index (Phi) is 5.76. The molecule has 7 nitrogen and oxygen atoms in total. The molecule has 1 saturated heterocycles. The van der Waals surface area contributed by atoms with E-state index in [0.29, 0.717) is 35.7 Å². The number of benzene rings is 2. The van der Waals surface area contributed by atoms with E-state index in [9.17, 15) is 9.18 Å². The van der Waals surface area contributed by atoms with Gasteiger partial charge >= 0.3 is 0 Å². The number of carbonyl (C=O) groups excluding carboxylic acids is 1. The first-order chi connectivity index (χ1) is 14.5. The van der Waals surface area contributed by atoms with Crippen molar-refractivity contribution in [1.29, 1.82) is 0 Å². The first-order valence-corrected chi connectivity index (χ1v) is 9.91. The maximum Gasteiger partial charge on any atom is 0.251 e. The summed E-state index contributed by atoms with van der Waals surface area (Å²) in [5.41, 5.74) is 3.30.